The fourth-order valence-corrected chi connectivity index (χ4v) is 4.18. The summed E-state index contributed by atoms with van der Waals surface area (Å²) >= 11 is 1.94. The highest BCUT2D eigenvalue weighted by molar-refractivity contribution is 7.99. The summed E-state index contributed by atoms with van der Waals surface area (Å²) in [6.45, 7) is 5.33. The lowest BCUT2D eigenvalue weighted by Gasteiger charge is -2.08. The Hall–Kier alpha value is -1.67. The van der Waals surface area contributed by atoms with E-state index in [-0.39, 0.29) is 0 Å². The molecule has 0 heterocycles. The van der Waals surface area contributed by atoms with Gasteiger partial charge < -0.3 is 4.74 Å². The molecule has 0 fully saturated rings. The Bertz CT molecular complexity index is 688. The van der Waals surface area contributed by atoms with Crippen molar-refractivity contribution >= 4 is 11.8 Å². The summed E-state index contributed by atoms with van der Waals surface area (Å²) in [7, 11) is 0. The van der Waals surface area contributed by atoms with Gasteiger partial charge in [0.25, 0.3) is 0 Å². The largest absolute Gasteiger partial charge is 0.494 e. The summed E-state index contributed by atoms with van der Waals surface area (Å²) in [5.74, 6) is 2.12. The number of ether oxygens (including phenoxy) is 1. The standard InChI is InChI=1S/C28H40OS/c1-3-5-7-9-11-13-23-29-27-19-15-25(16-20-27)26-17-21-28(22-18-26)30-24-14-12-10-8-6-4-2/h10,12,15-22H,3-9,11,13-14,23-24H2,1-2H3. The molecule has 0 saturated heterocycles. The van der Waals surface area contributed by atoms with Crippen LogP contribution in [0.3, 0.4) is 0 Å². The molecule has 0 N–H and O–H groups in total. The van der Waals surface area contributed by atoms with Crippen molar-refractivity contribution in [1.82, 2.24) is 0 Å². The normalized spacial score (nSPS) is 11.3. The van der Waals surface area contributed by atoms with Gasteiger partial charge in [0.2, 0.25) is 0 Å². The van der Waals surface area contributed by atoms with Gasteiger partial charge in [-0.25, -0.2) is 0 Å². The van der Waals surface area contributed by atoms with Gasteiger partial charge in [0.05, 0.1) is 6.61 Å². The summed E-state index contributed by atoms with van der Waals surface area (Å²) < 4.78 is 5.90. The topological polar surface area (TPSA) is 9.23 Å². The van der Waals surface area contributed by atoms with Gasteiger partial charge in [-0.2, -0.15) is 0 Å². The smallest absolute Gasteiger partial charge is 0.119 e. The molecular formula is C28H40OS. The first-order chi connectivity index (χ1) is 14.8. The number of allylic oxidation sites excluding steroid dienone is 2. The molecule has 0 spiro atoms. The van der Waals surface area contributed by atoms with E-state index in [9.17, 15) is 0 Å². The number of benzene rings is 2. The zero-order valence-electron chi connectivity index (χ0n) is 19.1. The molecule has 0 atom stereocenters. The number of hydrogen-bond donors (Lipinski definition) is 0. The second-order valence-electron chi connectivity index (χ2n) is 7.92. The molecule has 2 rings (SSSR count). The molecule has 2 heteroatoms. The van der Waals surface area contributed by atoms with Crippen molar-refractivity contribution in [3.63, 3.8) is 0 Å². The van der Waals surface area contributed by atoms with Gasteiger partial charge in [0.1, 0.15) is 5.75 Å². The molecule has 0 aliphatic rings. The highest BCUT2D eigenvalue weighted by atomic mass is 32.2. The number of thioether (sulfide) groups is 1. The molecule has 0 amide bonds. The average Bonchev–Trinajstić information content (AvgIpc) is 2.79. The summed E-state index contributed by atoms with van der Waals surface area (Å²) in [4.78, 5) is 1.35. The predicted molar refractivity (Wildman–Crippen MR) is 135 cm³/mol. The van der Waals surface area contributed by atoms with Crippen LogP contribution in [-0.2, 0) is 0 Å². The molecule has 0 bridgehead atoms. The van der Waals surface area contributed by atoms with Crippen molar-refractivity contribution in [2.24, 2.45) is 0 Å². The van der Waals surface area contributed by atoms with Gasteiger partial charge >= 0.3 is 0 Å². The van der Waals surface area contributed by atoms with Crippen molar-refractivity contribution < 1.29 is 4.74 Å². The highest BCUT2D eigenvalue weighted by Gasteiger charge is 2.01. The maximum atomic E-state index is 5.90. The van der Waals surface area contributed by atoms with Crippen molar-refractivity contribution in [1.29, 1.82) is 0 Å². The Morgan fingerprint density at radius 1 is 0.667 bits per heavy atom. The molecular weight excluding hydrogens is 384 g/mol. The maximum Gasteiger partial charge on any atom is 0.119 e. The van der Waals surface area contributed by atoms with E-state index in [0.29, 0.717) is 0 Å². The van der Waals surface area contributed by atoms with Crippen LogP contribution in [0.15, 0.2) is 65.6 Å². The number of unbranched alkanes of at least 4 members (excludes halogenated alkanes) is 7. The molecule has 0 aromatic heterocycles. The zero-order valence-corrected chi connectivity index (χ0v) is 19.9. The first-order valence-electron chi connectivity index (χ1n) is 11.9. The van der Waals surface area contributed by atoms with Crippen LogP contribution in [0.2, 0.25) is 0 Å². The van der Waals surface area contributed by atoms with Crippen molar-refractivity contribution in [3.8, 4) is 16.9 Å². The van der Waals surface area contributed by atoms with Gasteiger partial charge in [-0.3, -0.25) is 0 Å². The number of rotatable bonds is 16. The summed E-state index contributed by atoms with van der Waals surface area (Å²) in [5, 5.41) is 0. The van der Waals surface area contributed by atoms with Crippen LogP contribution in [0.4, 0.5) is 0 Å². The fourth-order valence-electron chi connectivity index (χ4n) is 3.36. The Morgan fingerprint density at radius 3 is 1.97 bits per heavy atom. The Morgan fingerprint density at radius 2 is 1.27 bits per heavy atom. The fraction of sp³-hybridized carbons (Fsp3) is 0.500. The molecule has 1 nitrogen and oxygen atoms in total. The Balaban J connectivity index is 1.68. The third-order valence-electron chi connectivity index (χ3n) is 5.25. The van der Waals surface area contributed by atoms with Gasteiger partial charge in [0, 0.05) is 10.6 Å². The third kappa shape index (κ3) is 10.4. The van der Waals surface area contributed by atoms with Crippen molar-refractivity contribution in [2.75, 3.05) is 12.4 Å². The van der Waals surface area contributed by atoms with Crippen LogP contribution in [-0.4, -0.2) is 12.4 Å². The number of hydrogen-bond acceptors (Lipinski definition) is 2. The molecule has 2 aromatic carbocycles. The molecule has 0 unspecified atom stereocenters. The second-order valence-corrected chi connectivity index (χ2v) is 9.08. The van der Waals surface area contributed by atoms with Crippen molar-refractivity contribution in [3.05, 3.63) is 60.7 Å². The van der Waals surface area contributed by atoms with Crippen LogP contribution < -0.4 is 4.74 Å². The van der Waals surface area contributed by atoms with Gasteiger partial charge in [-0.1, -0.05) is 95.2 Å². The van der Waals surface area contributed by atoms with Crippen LogP contribution in [0, 0.1) is 0 Å². The zero-order chi connectivity index (χ0) is 21.3. The Kier molecular flexibility index (Phi) is 13.2. The quantitative estimate of drug-likeness (QED) is 0.151. The third-order valence-corrected chi connectivity index (χ3v) is 6.30. The van der Waals surface area contributed by atoms with Crippen LogP contribution in [0.1, 0.15) is 78.1 Å². The van der Waals surface area contributed by atoms with E-state index in [2.05, 4.69) is 74.5 Å². The molecule has 2 aromatic rings. The monoisotopic (exact) mass is 424 g/mol. The first kappa shape index (κ1) is 24.6. The molecule has 30 heavy (non-hydrogen) atoms. The minimum absolute atomic E-state index is 0.825. The van der Waals surface area contributed by atoms with Crippen LogP contribution >= 0.6 is 11.8 Å². The SMILES string of the molecule is CCCCC=CCCSc1ccc(-c2ccc(OCCCCCCCC)cc2)cc1. The van der Waals surface area contributed by atoms with Crippen LogP contribution in [0.25, 0.3) is 11.1 Å². The van der Waals surface area contributed by atoms with Crippen molar-refractivity contribution in [2.45, 2.75) is 83.0 Å². The average molecular weight is 425 g/mol. The minimum Gasteiger partial charge on any atom is -0.494 e. The van der Waals surface area contributed by atoms with Gasteiger partial charge in [-0.05, 0) is 54.7 Å². The van der Waals surface area contributed by atoms with E-state index < -0.39 is 0 Å². The van der Waals surface area contributed by atoms with E-state index in [1.54, 1.807) is 0 Å². The molecule has 0 radical (unpaired) electrons. The lowest BCUT2D eigenvalue weighted by molar-refractivity contribution is 0.304. The molecule has 0 saturated carbocycles. The summed E-state index contributed by atoms with van der Waals surface area (Å²) in [6, 6.07) is 17.5. The summed E-state index contributed by atoms with van der Waals surface area (Å²) in [6.07, 6.45) is 17.4. The lowest BCUT2D eigenvalue weighted by Crippen LogP contribution is -1.97. The van der Waals surface area contributed by atoms with E-state index in [4.69, 9.17) is 4.74 Å². The molecule has 0 aliphatic heterocycles. The van der Waals surface area contributed by atoms with Gasteiger partial charge in [0.15, 0.2) is 0 Å². The predicted octanol–water partition coefficient (Wildman–Crippen LogP) is 9.32. The van der Waals surface area contributed by atoms with Crippen LogP contribution in [0.5, 0.6) is 5.75 Å². The Labute approximate surface area is 189 Å². The minimum atomic E-state index is 0.825. The van der Waals surface area contributed by atoms with E-state index in [0.717, 1.165) is 31.0 Å². The first-order valence-corrected chi connectivity index (χ1v) is 12.9. The second kappa shape index (κ2) is 16.1. The van der Waals surface area contributed by atoms with E-state index in [1.807, 2.05) is 11.8 Å². The van der Waals surface area contributed by atoms with E-state index >= 15 is 0 Å². The molecule has 164 valence electrons. The maximum absolute atomic E-state index is 5.90. The van der Waals surface area contributed by atoms with E-state index in [1.165, 1.54) is 67.4 Å². The van der Waals surface area contributed by atoms with Gasteiger partial charge in [-0.15, -0.1) is 11.8 Å². The summed E-state index contributed by atoms with van der Waals surface area (Å²) in [5.41, 5.74) is 2.51. The lowest BCUT2D eigenvalue weighted by atomic mass is 10.1. The highest BCUT2D eigenvalue weighted by Crippen LogP contribution is 2.26. The molecule has 0 aliphatic carbocycles.